The Kier molecular flexibility index (Phi) is 8.52. The van der Waals surface area contributed by atoms with E-state index in [-0.39, 0.29) is 5.56 Å². The number of nitrogen functional groups attached to an aromatic ring is 1. The number of hydrazine groups is 1. The molecule has 1 fully saturated rings. The molecular formula is C14H26ClN5O. The van der Waals surface area contributed by atoms with Crippen molar-refractivity contribution in [2.45, 2.75) is 45.1 Å². The summed E-state index contributed by atoms with van der Waals surface area (Å²) in [6.45, 7) is 6.30. The smallest absolute Gasteiger partial charge is 0.145 e. The van der Waals surface area contributed by atoms with Gasteiger partial charge in [-0.25, -0.2) is 15.0 Å². The quantitative estimate of drug-likeness (QED) is 0.649. The predicted octanol–water partition coefficient (Wildman–Crippen LogP) is 1.72. The normalized spacial score (nSPS) is 19.0. The fourth-order valence-corrected chi connectivity index (χ4v) is 2.19. The van der Waals surface area contributed by atoms with Crippen LogP contribution in [-0.2, 0) is 17.6 Å². The summed E-state index contributed by atoms with van der Waals surface area (Å²) in [4.78, 5) is 8.59. The Labute approximate surface area is 131 Å². The van der Waals surface area contributed by atoms with E-state index in [0.717, 1.165) is 43.7 Å². The number of aryl methyl sites for hydroxylation is 2. The summed E-state index contributed by atoms with van der Waals surface area (Å²) in [5.41, 5.74) is 6.52. The lowest BCUT2D eigenvalue weighted by atomic mass is 10.2. The van der Waals surface area contributed by atoms with Crippen LogP contribution >= 0.6 is 11.6 Å². The van der Waals surface area contributed by atoms with Gasteiger partial charge in [-0.1, -0.05) is 31.9 Å². The van der Waals surface area contributed by atoms with Crippen LogP contribution in [0.5, 0.6) is 0 Å². The molecule has 1 aliphatic heterocycles. The predicted molar refractivity (Wildman–Crippen MR) is 85.8 cm³/mol. The van der Waals surface area contributed by atoms with E-state index in [1.807, 2.05) is 6.07 Å². The molecule has 0 radical (unpaired) electrons. The molecule has 1 atom stereocenters. The van der Waals surface area contributed by atoms with Gasteiger partial charge in [0, 0.05) is 24.7 Å². The number of nitrogens with zero attached hydrogens (tertiary/aromatic N) is 3. The van der Waals surface area contributed by atoms with E-state index < -0.39 is 0 Å². The number of rotatable bonds is 4. The SMILES string of the molecule is CCCc1cc(N)nc(CCC)n1.NN1CCOC(Cl)C1. The van der Waals surface area contributed by atoms with Crippen molar-refractivity contribution >= 4 is 17.4 Å². The molecule has 0 aliphatic carbocycles. The van der Waals surface area contributed by atoms with Gasteiger partial charge in [0.05, 0.1) is 13.2 Å². The molecule has 2 heterocycles. The van der Waals surface area contributed by atoms with Crippen molar-refractivity contribution in [1.82, 2.24) is 15.0 Å². The molecule has 1 aromatic heterocycles. The number of halogens is 1. The van der Waals surface area contributed by atoms with E-state index in [9.17, 15) is 0 Å². The second-order valence-corrected chi connectivity index (χ2v) is 5.46. The summed E-state index contributed by atoms with van der Waals surface area (Å²) in [5.74, 6) is 6.87. The number of nitrogens with two attached hydrogens (primary N) is 2. The first kappa shape index (κ1) is 18.1. The van der Waals surface area contributed by atoms with Crippen LogP contribution < -0.4 is 11.6 Å². The largest absolute Gasteiger partial charge is 0.384 e. The molecule has 1 saturated heterocycles. The van der Waals surface area contributed by atoms with Crippen molar-refractivity contribution in [2.24, 2.45) is 5.84 Å². The number of morpholine rings is 1. The summed E-state index contributed by atoms with van der Waals surface area (Å²) in [6, 6.07) is 1.86. The van der Waals surface area contributed by atoms with Gasteiger partial charge in [0.2, 0.25) is 0 Å². The van der Waals surface area contributed by atoms with E-state index >= 15 is 0 Å². The average molecular weight is 316 g/mol. The van der Waals surface area contributed by atoms with Crippen molar-refractivity contribution in [3.05, 3.63) is 17.6 Å². The molecule has 7 heteroatoms. The Morgan fingerprint density at radius 3 is 2.57 bits per heavy atom. The number of hydrogen-bond donors (Lipinski definition) is 2. The number of hydrogen-bond acceptors (Lipinski definition) is 6. The van der Waals surface area contributed by atoms with Crippen molar-refractivity contribution in [2.75, 3.05) is 25.4 Å². The standard InChI is InChI=1S/C10H17N3.C4H9ClN2O/c1-3-5-8-7-9(11)13-10(12-8)6-4-2;5-4-3-7(6)1-2-8-4/h7H,3-6H2,1-2H3,(H2,11,12,13);4H,1-3,6H2. The van der Waals surface area contributed by atoms with Gasteiger partial charge < -0.3 is 10.5 Å². The molecule has 1 aromatic rings. The van der Waals surface area contributed by atoms with Crippen LogP contribution in [0.4, 0.5) is 5.82 Å². The first-order valence-electron chi connectivity index (χ1n) is 7.42. The van der Waals surface area contributed by atoms with Crippen molar-refractivity contribution in [3.8, 4) is 0 Å². The molecule has 0 aromatic carbocycles. The lowest BCUT2D eigenvalue weighted by Gasteiger charge is -2.25. The topological polar surface area (TPSA) is 90.3 Å². The van der Waals surface area contributed by atoms with Crippen LogP contribution in [0, 0.1) is 0 Å². The summed E-state index contributed by atoms with van der Waals surface area (Å²) in [6.07, 6.45) is 4.07. The molecule has 1 aliphatic rings. The Hall–Kier alpha value is -0.950. The van der Waals surface area contributed by atoms with E-state index in [2.05, 4.69) is 23.8 Å². The van der Waals surface area contributed by atoms with Gasteiger partial charge >= 0.3 is 0 Å². The van der Waals surface area contributed by atoms with Crippen molar-refractivity contribution < 1.29 is 4.74 Å². The average Bonchev–Trinajstić information content (AvgIpc) is 2.39. The Morgan fingerprint density at radius 1 is 1.33 bits per heavy atom. The molecule has 6 nitrogen and oxygen atoms in total. The third-order valence-corrected chi connectivity index (χ3v) is 3.14. The number of ether oxygens (including phenoxy) is 1. The van der Waals surface area contributed by atoms with Crippen LogP contribution in [-0.4, -0.2) is 40.2 Å². The van der Waals surface area contributed by atoms with Crippen molar-refractivity contribution in [3.63, 3.8) is 0 Å². The summed E-state index contributed by atoms with van der Waals surface area (Å²) >= 11 is 5.57. The molecule has 2 rings (SSSR count). The van der Waals surface area contributed by atoms with E-state index in [1.165, 1.54) is 0 Å². The van der Waals surface area contributed by atoms with Crippen LogP contribution in [0.25, 0.3) is 0 Å². The summed E-state index contributed by atoms with van der Waals surface area (Å²) in [7, 11) is 0. The van der Waals surface area contributed by atoms with Crippen LogP contribution in [0.15, 0.2) is 6.07 Å². The Morgan fingerprint density at radius 2 is 2.05 bits per heavy atom. The number of alkyl halides is 1. The van der Waals surface area contributed by atoms with Gasteiger partial charge in [-0.15, -0.1) is 0 Å². The monoisotopic (exact) mass is 315 g/mol. The molecule has 21 heavy (non-hydrogen) atoms. The first-order valence-corrected chi connectivity index (χ1v) is 7.86. The molecular weight excluding hydrogens is 290 g/mol. The van der Waals surface area contributed by atoms with Gasteiger partial charge in [0.1, 0.15) is 17.2 Å². The molecule has 0 amide bonds. The molecule has 1 unspecified atom stereocenters. The van der Waals surface area contributed by atoms with E-state index in [4.69, 9.17) is 27.9 Å². The second-order valence-electron chi connectivity index (χ2n) is 4.98. The molecule has 0 saturated carbocycles. The minimum atomic E-state index is -0.214. The van der Waals surface area contributed by atoms with Crippen LogP contribution in [0.3, 0.4) is 0 Å². The zero-order valence-electron chi connectivity index (χ0n) is 12.9. The summed E-state index contributed by atoms with van der Waals surface area (Å²) < 4.78 is 4.99. The maximum Gasteiger partial charge on any atom is 0.145 e. The Balaban J connectivity index is 0.000000235. The van der Waals surface area contributed by atoms with Gasteiger partial charge in [0.25, 0.3) is 0 Å². The maximum atomic E-state index is 5.67. The summed E-state index contributed by atoms with van der Waals surface area (Å²) in [5, 5.41) is 1.65. The molecule has 0 bridgehead atoms. The maximum absolute atomic E-state index is 5.67. The van der Waals surface area contributed by atoms with Gasteiger partial charge in [-0.2, -0.15) is 0 Å². The van der Waals surface area contributed by atoms with E-state index in [0.29, 0.717) is 19.0 Å². The highest BCUT2D eigenvalue weighted by molar-refractivity contribution is 6.19. The van der Waals surface area contributed by atoms with Gasteiger partial charge in [-0.3, -0.25) is 5.84 Å². The highest BCUT2D eigenvalue weighted by atomic mass is 35.5. The Bertz CT molecular complexity index is 386. The zero-order valence-corrected chi connectivity index (χ0v) is 13.6. The third kappa shape index (κ3) is 7.57. The zero-order chi connectivity index (χ0) is 15.7. The molecule has 4 N–H and O–H groups in total. The van der Waals surface area contributed by atoms with Crippen LogP contribution in [0.1, 0.15) is 38.2 Å². The van der Waals surface area contributed by atoms with Crippen molar-refractivity contribution in [1.29, 1.82) is 0 Å². The van der Waals surface area contributed by atoms with E-state index in [1.54, 1.807) is 5.01 Å². The number of aromatic nitrogens is 2. The van der Waals surface area contributed by atoms with Gasteiger partial charge in [0.15, 0.2) is 0 Å². The lowest BCUT2D eigenvalue weighted by Crippen LogP contribution is -2.44. The third-order valence-electron chi connectivity index (χ3n) is 2.88. The lowest BCUT2D eigenvalue weighted by molar-refractivity contribution is 0.0139. The second kappa shape index (κ2) is 9.89. The minimum absolute atomic E-state index is 0.214. The molecule has 120 valence electrons. The molecule has 0 spiro atoms. The fraction of sp³-hybridized carbons (Fsp3) is 0.714. The number of anilines is 1. The van der Waals surface area contributed by atoms with Gasteiger partial charge in [-0.05, 0) is 12.8 Å². The minimum Gasteiger partial charge on any atom is -0.384 e. The fourth-order valence-electron chi connectivity index (χ4n) is 1.92. The highest BCUT2D eigenvalue weighted by Gasteiger charge is 2.13. The highest BCUT2D eigenvalue weighted by Crippen LogP contribution is 2.06. The first-order chi connectivity index (χ1) is 10.0. The van der Waals surface area contributed by atoms with Crippen LogP contribution in [0.2, 0.25) is 0 Å².